The number of nitrogens with one attached hydrogen (secondary N) is 1. The number of carbonyl (C=O) groups excluding carboxylic acids is 2. The Balaban J connectivity index is 2.69. The van der Waals surface area contributed by atoms with Gasteiger partial charge in [0.15, 0.2) is 0 Å². The van der Waals surface area contributed by atoms with Crippen LogP contribution in [-0.4, -0.2) is 60.4 Å². The molecule has 5 nitrogen and oxygen atoms in total. The first-order valence-corrected chi connectivity index (χ1v) is 6.81. The lowest BCUT2D eigenvalue weighted by molar-refractivity contribution is -0.147. The molecule has 1 fully saturated rings. The monoisotopic (exact) mass is 255 g/mol. The van der Waals surface area contributed by atoms with Crippen molar-refractivity contribution in [3.63, 3.8) is 0 Å². The molecule has 0 aromatic rings. The van der Waals surface area contributed by atoms with Gasteiger partial charge in [-0.05, 0) is 33.2 Å². The third-order valence-corrected chi connectivity index (χ3v) is 3.60. The zero-order valence-electron chi connectivity index (χ0n) is 11.9. The van der Waals surface area contributed by atoms with Gasteiger partial charge in [-0.25, -0.2) is 0 Å². The number of likely N-dealkylation sites (tertiary alicyclic amines) is 1. The molecule has 2 amide bonds. The molecule has 1 aliphatic rings. The first-order chi connectivity index (χ1) is 8.52. The molecule has 2 atom stereocenters. The smallest absolute Gasteiger partial charge is 0.244 e. The summed E-state index contributed by atoms with van der Waals surface area (Å²) in [5, 5.41) is 3.19. The SMILES string of the molecule is CCNC1CCCN(C(C)C(=O)N(C)CC)C1=O. The quantitative estimate of drug-likeness (QED) is 0.776. The minimum absolute atomic E-state index is 0.0167. The maximum Gasteiger partial charge on any atom is 0.244 e. The molecule has 0 saturated carbocycles. The zero-order chi connectivity index (χ0) is 13.7. The minimum Gasteiger partial charge on any atom is -0.344 e. The number of carbonyl (C=O) groups is 2. The minimum atomic E-state index is -0.357. The van der Waals surface area contributed by atoms with E-state index in [1.54, 1.807) is 16.8 Å². The molecule has 0 spiro atoms. The lowest BCUT2D eigenvalue weighted by Gasteiger charge is -2.37. The molecule has 104 valence electrons. The fourth-order valence-corrected chi connectivity index (χ4v) is 2.33. The fraction of sp³-hybridized carbons (Fsp3) is 0.846. The number of rotatable bonds is 5. The van der Waals surface area contributed by atoms with Crippen molar-refractivity contribution in [2.75, 3.05) is 26.7 Å². The summed E-state index contributed by atoms with van der Waals surface area (Å²) in [5.74, 6) is 0.0800. The number of amides is 2. The Kier molecular flexibility index (Phi) is 5.59. The van der Waals surface area contributed by atoms with Crippen LogP contribution in [0.2, 0.25) is 0 Å². The summed E-state index contributed by atoms with van der Waals surface area (Å²) in [5.41, 5.74) is 0. The molecule has 0 aromatic heterocycles. The maximum atomic E-state index is 12.3. The highest BCUT2D eigenvalue weighted by molar-refractivity contribution is 5.90. The molecule has 0 radical (unpaired) electrons. The van der Waals surface area contributed by atoms with Crippen LogP contribution in [0.3, 0.4) is 0 Å². The molecular weight excluding hydrogens is 230 g/mol. The zero-order valence-corrected chi connectivity index (χ0v) is 11.9. The van der Waals surface area contributed by atoms with Gasteiger partial charge in [0.2, 0.25) is 11.8 Å². The van der Waals surface area contributed by atoms with Gasteiger partial charge in [-0.3, -0.25) is 9.59 Å². The highest BCUT2D eigenvalue weighted by Gasteiger charge is 2.34. The van der Waals surface area contributed by atoms with Gasteiger partial charge in [-0.1, -0.05) is 6.92 Å². The van der Waals surface area contributed by atoms with Gasteiger partial charge in [-0.15, -0.1) is 0 Å². The molecular formula is C13H25N3O2. The summed E-state index contributed by atoms with van der Waals surface area (Å²) >= 11 is 0. The first kappa shape index (κ1) is 15.0. The molecule has 18 heavy (non-hydrogen) atoms. The van der Waals surface area contributed by atoms with Gasteiger partial charge in [0.05, 0.1) is 6.04 Å². The van der Waals surface area contributed by atoms with Crippen LogP contribution in [0.4, 0.5) is 0 Å². The lowest BCUT2D eigenvalue weighted by Crippen LogP contribution is -2.57. The van der Waals surface area contributed by atoms with E-state index in [1.807, 2.05) is 20.8 Å². The van der Waals surface area contributed by atoms with Gasteiger partial charge < -0.3 is 15.1 Å². The largest absolute Gasteiger partial charge is 0.344 e. The summed E-state index contributed by atoms with van der Waals surface area (Å²) in [6.45, 7) is 7.88. The average Bonchev–Trinajstić information content (AvgIpc) is 2.39. The van der Waals surface area contributed by atoms with Crippen molar-refractivity contribution in [1.29, 1.82) is 0 Å². The molecule has 0 aliphatic carbocycles. The van der Waals surface area contributed by atoms with E-state index in [9.17, 15) is 9.59 Å². The van der Waals surface area contributed by atoms with Crippen LogP contribution in [0.5, 0.6) is 0 Å². The molecule has 1 heterocycles. The van der Waals surface area contributed by atoms with Gasteiger partial charge >= 0.3 is 0 Å². The summed E-state index contributed by atoms with van der Waals surface area (Å²) in [6, 6.07) is -0.477. The molecule has 1 rings (SSSR count). The van der Waals surface area contributed by atoms with Gasteiger partial charge in [0, 0.05) is 20.1 Å². The van der Waals surface area contributed by atoms with Crippen LogP contribution in [0, 0.1) is 0 Å². The number of nitrogens with zero attached hydrogens (tertiary/aromatic N) is 2. The highest BCUT2D eigenvalue weighted by atomic mass is 16.2. The van der Waals surface area contributed by atoms with Crippen LogP contribution in [0.15, 0.2) is 0 Å². The Hall–Kier alpha value is -1.10. The molecule has 0 aromatic carbocycles. The van der Waals surface area contributed by atoms with Gasteiger partial charge in [-0.2, -0.15) is 0 Å². The summed E-state index contributed by atoms with van der Waals surface area (Å²) in [7, 11) is 1.77. The van der Waals surface area contributed by atoms with Crippen molar-refractivity contribution in [1.82, 2.24) is 15.1 Å². The second-order valence-electron chi connectivity index (χ2n) is 4.81. The Morgan fingerprint density at radius 2 is 2.22 bits per heavy atom. The lowest BCUT2D eigenvalue weighted by atomic mass is 10.0. The second kappa shape index (κ2) is 6.73. The van der Waals surface area contributed by atoms with Crippen LogP contribution >= 0.6 is 0 Å². The molecule has 0 bridgehead atoms. The Labute approximate surface area is 110 Å². The van der Waals surface area contributed by atoms with Crippen molar-refractivity contribution in [2.45, 2.75) is 45.7 Å². The molecule has 1 N–H and O–H groups in total. The van der Waals surface area contributed by atoms with E-state index >= 15 is 0 Å². The van der Waals surface area contributed by atoms with Crippen molar-refractivity contribution in [3.8, 4) is 0 Å². The second-order valence-corrected chi connectivity index (χ2v) is 4.81. The van der Waals surface area contributed by atoms with Crippen molar-refractivity contribution in [3.05, 3.63) is 0 Å². The third kappa shape index (κ3) is 3.22. The van der Waals surface area contributed by atoms with Gasteiger partial charge in [0.25, 0.3) is 0 Å². The summed E-state index contributed by atoms with van der Waals surface area (Å²) in [4.78, 5) is 27.7. The van der Waals surface area contributed by atoms with Crippen molar-refractivity contribution < 1.29 is 9.59 Å². The number of hydrogen-bond donors (Lipinski definition) is 1. The first-order valence-electron chi connectivity index (χ1n) is 6.81. The van der Waals surface area contributed by atoms with E-state index in [0.29, 0.717) is 13.1 Å². The van der Waals surface area contributed by atoms with E-state index in [-0.39, 0.29) is 23.9 Å². The molecule has 1 aliphatic heterocycles. The number of likely N-dealkylation sites (N-methyl/N-ethyl adjacent to an activating group) is 2. The van der Waals surface area contributed by atoms with Crippen LogP contribution < -0.4 is 5.32 Å². The molecule has 1 saturated heterocycles. The number of hydrogen-bond acceptors (Lipinski definition) is 3. The van der Waals surface area contributed by atoms with E-state index in [1.165, 1.54) is 0 Å². The predicted molar refractivity (Wildman–Crippen MR) is 71.2 cm³/mol. The highest BCUT2D eigenvalue weighted by Crippen LogP contribution is 2.15. The van der Waals surface area contributed by atoms with E-state index in [4.69, 9.17) is 0 Å². The average molecular weight is 255 g/mol. The molecule has 2 unspecified atom stereocenters. The Morgan fingerprint density at radius 3 is 2.78 bits per heavy atom. The third-order valence-electron chi connectivity index (χ3n) is 3.60. The summed E-state index contributed by atoms with van der Waals surface area (Å²) in [6.07, 6.45) is 1.82. The van der Waals surface area contributed by atoms with Crippen molar-refractivity contribution >= 4 is 11.8 Å². The van der Waals surface area contributed by atoms with Crippen LogP contribution in [0.25, 0.3) is 0 Å². The number of piperidine rings is 1. The Morgan fingerprint density at radius 1 is 1.56 bits per heavy atom. The Bertz CT molecular complexity index is 305. The van der Waals surface area contributed by atoms with E-state index < -0.39 is 0 Å². The maximum absolute atomic E-state index is 12.3. The van der Waals surface area contributed by atoms with E-state index in [0.717, 1.165) is 19.4 Å². The van der Waals surface area contributed by atoms with Crippen LogP contribution in [0.1, 0.15) is 33.6 Å². The topological polar surface area (TPSA) is 52.7 Å². The van der Waals surface area contributed by atoms with Crippen molar-refractivity contribution in [2.24, 2.45) is 0 Å². The van der Waals surface area contributed by atoms with Crippen LogP contribution in [-0.2, 0) is 9.59 Å². The molecule has 5 heteroatoms. The van der Waals surface area contributed by atoms with Gasteiger partial charge in [0.1, 0.15) is 6.04 Å². The predicted octanol–water partition coefficient (Wildman–Crippen LogP) is 0.454. The van der Waals surface area contributed by atoms with E-state index in [2.05, 4.69) is 5.32 Å². The standard InChI is InChI=1S/C13H25N3O2/c1-5-14-11-8-7-9-16(13(11)18)10(3)12(17)15(4)6-2/h10-11,14H,5-9H2,1-4H3. The summed E-state index contributed by atoms with van der Waals surface area (Å²) < 4.78 is 0. The normalized spacial score (nSPS) is 21.9. The fourth-order valence-electron chi connectivity index (χ4n) is 2.33.